The van der Waals surface area contributed by atoms with E-state index in [1.54, 1.807) is 6.92 Å². The number of fused-ring (bicyclic) bond motifs is 3. The number of benzene rings is 2. The molecule has 186 valence electrons. The molecule has 2 aromatic carbocycles. The van der Waals surface area contributed by atoms with E-state index in [2.05, 4.69) is 22.8 Å². The number of rotatable bonds is 10. The zero-order chi connectivity index (χ0) is 24.8. The van der Waals surface area contributed by atoms with E-state index >= 15 is 0 Å². The van der Waals surface area contributed by atoms with Crippen molar-refractivity contribution >= 4 is 18.0 Å². The molecule has 9 nitrogen and oxygen atoms in total. The van der Waals surface area contributed by atoms with Gasteiger partial charge in [-0.05, 0) is 29.2 Å². The highest BCUT2D eigenvalue weighted by Gasteiger charge is 2.36. The van der Waals surface area contributed by atoms with Gasteiger partial charge in [0, 0.05) is 19.1 Å². The van der Waals surface area contributed by atoms with Crippen molar-refractivity contribution in [2.75, 3.05) is 33.0 Å². The van der Waals surface area contributed by atoms with Crippen LogP contribution in [0.2, 0.25) is 0 Å². The molecule has 2 aromatic rings. The Morgan fingerprint density at radius 1 is 1.06 bits per heavy atom. The largest absolute Gasteiger partial charge is 0.481 e. The summed E-state index contributed by atoms with van der Waals surface area (Å²) in [6, 6.07) is 15.6. The fraction of sp³-hybridized carbons (Fsp3) is 0.423. The van der Waals surface area contributed by atoms with Gasteiger partial charge in [0.05, 0.1) is 37.7 Å². The van der Waals surface area contributed by atoms with Crippen LogP contribution in [-0.4, -0.2) is 68.2 Å². The first-order valence-corrected chi connectivity index (χ1v) is 11.8. The molecule has 3 N–H and O–H groups in total. The molecule has 0 spiro atoms. The molecule has 1 aliphatic heterocycles. The fourth-order valence-electron chi connectivity index (χ4n) is 4.71. The van der Waals surface area contributed by atoms with Crippen molar-refractivity contribution in [1.82, 2.24) is 10.6 Å². The monoisotopic (exact) mass is 482 g/mol. The first-order chi connectivity index (χ1) is 17.0. The molecule has 1 aliphatic carbocycles. The van der Waals surface area contributed by atoms with E-state index in [-0.39, 0.29) is 44.6 Å². The number of carboxylic acid groups (broad SMARTS) is 1. The van der Waals surface area contributed by atoms with Crippen LogP contribution in [0.25, 0.3) is 11.1 Å². The Hall–Kier alpha value is -3.43. The van der Waals surface area contributed by atoms with Crippen LogP contribution < -0.4 is 10.6 Å². The topological polar surface area (TPSA) is 123 Å². The summed E-state index contributed by atoms with van der Waals surface area (Å²) in [5, 5.41) is 14.5. The third-order valence-electron chi connectivity index (χ3n) is 6.37. The molecule has 0 saturated carbocycles. The standard InChI is InChI=1S/C26H30N2O7/c1-2-34-16(11-24(29)30)12-27-25(31)22-13-33-15-23(22)28-26(32)35-14-21-19-9-5-3-7-17(19)18-8-4-6-10-20(18)21/h3-10,16,21-23H,2,11-15H2,1H3,(H,27,31)(H,28,32)(H,29,30). The first-order valence-electron chi connectivity index (χ1n) is 11.8. The van der Waals surface area contributed by atoms with Gasteiger partial charge < -0.3 is 30.0 Å². The zero-order valence-corrected chi connectivity index (χ0v) is 19.6. The summed E-state index contributed by atoms with van der Waals surface area (Å²) in [7, 11) is 0. The van der Waals surface area contributed by atoms with Gasteiger partial charge in [0.15, 0.2) is 0 Å². The number of carboxylic acids is 1. The molecule has 3 unspecified atom stereocenters. The molecule has 9 heteroatoms. The number of amides is 2. The molecule has 2 amide bonds. The van der Waals surface area contributed by atoms with Gasteiger partial charge in [0.1, 0.15) is 6.61 Å². The number of alkyl carbamates (subject to hydrolysis) is 1. The van der Waals surface area contributed by atoms with Crippen molar-refractivity contribution in [2.45, 2.75) is 31.4 Å². The maximum atomic E-state index is 12.7. The predicted octanol–water partition coefficient (Wildman–Crippen LogP) is 2.54. The predicted molar refractivity (Wildman–Crippen MR) is 127 cm³/mol. The molecule has 3 atom stereocenters. The minimum absolute atomic E-state index is 0.0585. The van der Waals surface area contributed by atoms with E-state index in [9.17, 15) is 14.4 Å². The molecule has 1 heterocycles. The van der Waals surface area contributed by atoms with E-state index in [1.165, 1.54) is 0 Å². The van der Waals surface area contributed by atoms with Crippen molar-refractivity contribution in [1.29, 1.82) is 0 Å². The smallest absolute Gasteiger partial charge is 0.407 e. The van der Waals surface area contributed by atoms with Crippen LogP contribution in [0.1, 0.15) is 30.4 Å². The van der Waals surface area contributed by atoms with Crippen LogP contribution in [0.5, 0.6) is 0 Å². The van der Waals surface area contributed by atoms with Crippen LogP contribution in [-0.2, 0) is 23.8 Å². The molecule has 35 heavy (non-hydrogen) atoms. The van der Waals surface area contributed by atoms with Crippen molar-refractivity contribution < 1.29 is 33.7 Å². The molecular weight excluding hydrogens is 452 g/mol. The maximum Gasteiger partial charge on any atom is 0.407 e. The van der Waals surface area contributed by atoms with Gasteiger partial charge in [-0.3, -0.25) is 9.59 Å². The van der Waals surface area contributed by atoms with Crippen LogP contribution in [0.3, 0.4) is 0 Å². The van der Waals surface area contributed by atoms with Crippen LogP contribution in [0.4, 0.5) is 4.79 Å². The lowest BCUT2D eigenvalue weighted by Gasteiger charge is -2.21. The van der Waals surface area contributed by atoms with E-state index in [0.717, 1.165) is 22.3 Å². The summed E-state index contributed by atoms with van der Waals surface area (Å²) < 4.78 is 16.4. The van der Waals surface area contributed by atoms with Crippen molar-refractivity contribution in [3.05, 3.63) is 59.7 Å². The summed E-state index contributed by atoms with van der Waals surface area (Å²) in [6.07, 6.45) is -1.45. The summed E-state index contributed by atoms with van der Waals surface area (Å²) in [5.74, 6) is -2.00. The maximum absolute atomic E-state index is 12.7. The van der Waals surface area contributed by atoms with Gasteiger partial charge in [-0.15, -0.1) is 0 Å². The van der Waals surface area contributed by atoms with Gasteiger partial charge in [-0.2, -0.15) is 0 Å². The van der Waals surface area contributed by atoms with Gasteiger partial charge >= 0.3 is 12.1 Å². The molecule has 4 rings (SSSR count). The highest BCUT2D eigenvalue weighted by molar-refractivity contribution is 5.81. The third kappa shape index (κ3) is 5.80. The van der Waals surface area contributed by atoms with E-state index in [1.807, 2.05) is 36.4 Å². The number of nitrogens with one attached hydrogen (secondary N) is 2. The van der Waals surface area contributed by atoms with Gasteiger partial charge in [-0.1, -0.05) is 48.5 Å². The Morgan fingerprint density at radius 2 is 1.71 bits per heavy atom. The molecule has 0 aromatic heterocycles. The van der Waals surface area contributed by atoms with Crippen LogP contribution >= 0.6 is 0 Å². The lowest BCUT2D eigenvalue weighted by molar-refractivity contribution is -0.140. The molecule has 0 bridgehead atoms. The minimum atomic E-state index is -1.00. The second kappa shape index (κ2) is 11.3. The summed E-state index contributed by atoms with van der Waals surface area (Å²) >= 11 is 0. The highest BCUT2D eigenvalue weighted by atomic mass is 16.5. The lowest BCUT2D eigenvalue weighted by atomic mass is 9.98. The third-order valence-corrected chi connectivity index (χ3v) is 6.37. The second-order valence-corrected chi connectivity index (χ2v) is 8.64. The Labute approximate surface area is 203 Å². The van der Waals surface area contributed by atoms with E-state index < -0.39 is 30.1 Å². The second-order valence-electron chi connectivity index (χ2n) is 8.64. The molecule has 0 radical (unpaired) electrons. The van der Waals surface area contributed by atoms with Gasteiger partial charge in [0.2, 0.25) is 5.91 Å². The van der Waals surface area contributed by atoms with Gasteiger partial charge in [-0.25, -0.2) is 4.79 Å². The number of carbonyl (C=O) groups excluding carboxylic acids is 2. The number of ether oxygens (including phenoxy) is 3. The summed E-state index contributed by atoms with van der Waals surface area (Å²) in [6.45, 7) is 2.68. The molecule has 2 aliphatic rings. The lowest BCUT2D eigenvalue weighted by Crippen LogP contribution is -2.48. The van der Waals surface area contributed by atoms with E-state index in [0.29, 0.717) is 6.61 Å². The number of carbonyl (C=O) groups is 3. The van der Waals surface area contributed by atoms with Gasteiger partial charge in [0.25, 0.3) is 0 Å². The van der Waals surface area contributed by atoms with Crippen molar-refractivity contribution in [2.24, 2.45) is 5.92 Å². The number of aliphatic carboxylic acids is 1. The average Bonchev–Trinajstić information content (AvgIpc) is 3.43. The van der Waals surface area contributed by atoms with Crippen molar-refractivity contribution in [3.63, 3.8) is 0 Å². The van der Waals surface area contributed by atoms with Crippen molar-refractivity contribution in [3.8, 4) is 11.1 Å². The zero-order valence-electron chi connectivity index (χ0n) is 19.6. The number of hydrogen-bond donors (Lipinski definition) is 3. The van der Waals surface area contributed by atoms with Crippen LogP contribution in [0.15, 0.2) is 48.5 Å². The molecular formula is C26H30N2O7. The quantitative estimate of drug-likeness (QED) is 0.476. The molecule has 1 fully saturated rings. The Bertz CT molecular complexity index is 1030. The Kier molecular flexibility index (Phi) is 7.99. The SMILES string of the molecule is CCOC(CNC(=O)C1COCC1NC(=O)OCC1c2ccccc2-c2ccccc21)CC(=O)O. The Morgan fingerprint density at radius 3 is 2.34 bits per heavy atom. The minimum Gasteiger partial charge on any atom is -0.481 e. The van der Waals surface area contributed by atoms with Crippen LogP contribution in [0, 0.1) is 5.92 Å². The first kappa shape index (κ1) is 24.7. The average molecular weight is 483 g/mol. The number of hydrogen-bond acceptors (Lipinski definition) is 6. The fourth-order valence-corrected chi connectivity index (χ4v) is 4.71. The summed E-state index contributed by atoms with van der Waals surface area (Å²) in [5.41, 5.74) is 4.53. The molecule has 1 saturated heterocycles. The normalized spacial score (nSPS) is 19.5. The van der Waals surface area contributed by atoms with E-state index in [4.69, 9.17) is 19.3 Å². The highest BCUT2D eigenvalue weighted by Crippen LogP contribution is 2.44. The Balaban J connectivity index is 1.31. The summed E-state index contributed by atoms with van der Waals surface area (Å²) in [4.78, 5) is 36.3.